The normalized spacial score (nSPS) is 18.1. The van der Waals surface area contributed by atoms with Crippen LogP contribution in [0.5, 0.6) is 5.75 Å². The first-order valence-corrected chi connectivity index (χ1v) is 14.6. The van der Waals surface area contributed by atoms with E-state index in [0.29, 0.717) is 43.4 Å². The zero-order valence-corrected chi connectivity index (χ0v) is 24.0. The van der Waals surface area contributed by atoms with Gasteiger partial charge in [-0.3, -0.25) is 4.79 Å². The third kappa shape index (κ3) is 8.17. The minimum atomic E-state index is -4.74. The van der Waals surface area contributed by atoms with Crippen molar-refractivity contribution >= 4 is 33.4 Å². The van der Waals surface area contributed by atoms with Gasteiger partial charge in [0.1, 0.15) is 17.1 Å². The highest BCUT2D eigenvalue weighted by atomic mass is 32.2. The van der Waals surface area contributed by atoms with Crippen molar-refractivity contribution in [3.05, 3.63) is 35.5 Å². The molecular weight excluding hydrogens is 551 g/mol. The molecule has 0 aliphatic heterocycles. The summed E-state index contributed by atoms with van der Waals surface area (Å²) in [5.41, 5.74) is -0.387. The van der Waals surface area contributed by atoms with Gasteiger partial charge in [-0.25, -0.2) is 17.7 Å². The van der Waals surface area contributed by atoms with Gasteiger partial charge in [0.25, 0.3) is 5.91 Å². The molecule has 1 aliphatic carbocycles. The molecular formula is C25H36F3N7O4S. The van der Waals surface area contributed by atoms with Crippen molar-refractivity contribution in [1.82, 2.24) is 24.5 Å². The minimum absolute atomic E-state index is 0.138. The van der Waals surface area contributed by atoms with Crippen LogP contribution in [0.2, 0.25) is 0 Å². The lowest BCUT2D eigenvalue weighted by molar-refractivity contribution is -0.137. The van der Waals surface area contributed by atoms with Crippen LogP contribution in [0.3, 0.4) is 0 Å². The molecule has 222 valence electrons. The summed E-state index contributed by atoms with van der Waals surface area (Å²) in [6.07, 6.45) is -0.531. The number of nitrogens with one attached hydrogen (secondary N) is 3. The summed E-state index contributed by atoms with van der Waals surface area (Å²) in [7, 11) is 3.05. The van der Waals surface area contributed by atoms with E-state index in [2.05, 4.69) is 25.9 Å². The van der Waals surface area contributed by atoms with E-state index in [1.807, 2.05) is 19.0 Å². The number of sulfonamides is 1. The summed E-state index contributed by atoms with van der Waals surface area (Å²) in [5.74, 6) is -0.633. The maximum atomic E-state index is 13.9. The number of carbonyl (C=O) groups excluding carboxylic acids is 1. The van der Waals surface area contributed by atoms with Crippen LogP contribution in [0.15, 0.2) is 24.4 Å². The second-order valence-electron chi connectivity index (χ2n) is 9.93. The number of likely N-dealkylation sites (N-methyl/N-ethyl adjacent to an activating group) is 2. The zero-order valence-electron chi connectivity index (χ0n) is 23.2. The summed E-state index contributed by atoms with van der Waals surface area (Å²) in [6, 6.07) is 3.48. The number of ether oxygens (including phenoxy) is 1. The van der Waals surface area contributed by atoms with Gasteiger partial charge < -0.3 is 25.6 Å². The lowest BCUT2D eigenvalue weighted by Gasteiger charge is -2.37. The average molecular weight is 588 g/mol. The van der Waals surface area contributed by atoms with Crippen LogP contribution >= 0.6 is 0 Å². The molecule has 0 radical (unpaired) electrons. The van der Waals surface area contributed by atoms with Crippen LogP contribution in [-0.4, -0.2) is 93.2 Å². The number of rotatable bonds is 11. The van der Waals surface area contributed by atoms with Gasteiger partial charge in [-0.1, -0.05) is 12.8 Å². The number of hydrogen-bond acceptors (Lipinski definition) is 9. The molecule has 2 atom stereocenters. The second-order valence-corrected chi connectivity index (χ2v) is 12.0. The standard InChI is InChI=1S/C25H36F3N7O4S/c1-34(2)13-12-29-23(36)16-10-11-19(21(14-16)39-4)32-24-30-15-17(25(26,27)28)22(33-24)31-18-8-6-7-9-20(18)35(3)40(5,37)38/h10-11,14-15,18,20H,6-9,12-13H2,1-5H3,(H,29,36)(H2,30,31,32,33)/t18-,20-/m1/s1. The summed E-state index contributed by atoms with van der Waals surface area (Å²) >= 11 is 0. The van der Waals surface area contributed by atoms with Crippen LogP contribution in [0.25, 0.3) is 0 Å². The molecule has 1 amide bonds. The van der Waals surface area contributed by atoms with Gasteiger partial charge in [-0.15, -0.1) is 0 Å². The Kier molecular flexibility index (Phi) is 10.2. The molecule has 1 aromatic carbocycles. The maximum Gasteiger partial charge on any atom is 0.421 e. The summed E-state index contributed by atoms with van der Waals surface area (Å²) in [6.45, 7) is 1.11. The summed E-state index contributed by atoms with van der Waals surface area (Å²) < 4.78 is 72.5. The van der Waals surface area contributed by atoms with E-state index in [0.717, 1.165) is 19.1 Å². The number of methoxy groups -OCH3 is 1. The zero-order chi connectivity index (χ0) is 29.7. The number of benzene rings is 1. The smallest absolute Gasteiger partial charge is 0.421 e. The van der Waals surface area contributed by atoms with Crippen molar-refractivity contribution in [3.8, 4) is 5.75 Å². The first-order valence-electron chi connectivity index (χ1n) is 12.7. The third-order valence-corrected chi connectivity index (χ3v) is 8.01. The van der Waals surface area contributed by atoms with Gasteiger partial charge >= 0.3 is 6.18 Å². The molecule has 3 N–H and O–H groups in total. The minimum Gasteiger partial charge on any atom is -0.495 e. The predicted molar refractivity (Wildman–Crippen MR) is 146 cm³/mol. The number of hydrogen-bond donors (Lipinski definition) is 3. The Balaban J connectivity index is 1.87. The number of alkyl halides is 3. The molecule has 3 rings (SSSR count). The van der Waals surface area contributed by atoms with Crippen molar-refractivity contribution in [2.45, 2.75) is 43.9 Å². The molecule has 0 bridgehead atoms. The number of carbonyl (C=O) groups is 1. The highest BCUT2D eigenvalue weighted by Crippen LogP contribution is 2.36. The van der Waals surface area contributed by atoms with E-state index in [4.69, 9.17) is 4.74 Å². The fourth-order valence-electron chi connectivity index (χ4n) is 4.45. The largest absolute Gasteiger partial charge is 0.495 e. The van der Waals surface area contributed by atoms with E-state index in [9.17, 15) is 26.4 Å². The van der Waals surface area contributed by atoms with Gasteiger partial charge in [0, 0.05) is 44.0 Å². The molecule has 11 nitrogen and oxygen atoms in total. The van der Waals surface area contributed by atoms with Crippen molar-refractivity contribution in [2.75, 3.05) is 58.2 Å². The Morgan fingerprint density at radius 1 is 1.18 bits per heavy atom. The highest BCUT2D eigenvalue weighted by Gasteiger charge is 2.38. The number of halogens is 3. The molecule has 0 saturated heterocycles. The van der Waals surface area contributed by atoms with Crippen LogP contribution in [0.1, 0.15) is 41.6 Å². The molecule has 1 aromatic heterocycles. The lowest BCUT2D eigenvalue weighted by atomic mass is 9.90. The van der Waals surface area contributed by atoms with Gasteiger partial charge in [0.2, 0.25) is 16.0 Å². The topological polar surface area (TPSA) is 129 Å². The Labute approximate surface area is 232 Å². The summed E-state index contributed by atoms with van der Waals surface area (Å²) in [4.78, 5) is 22.4. The van der Waals surface area contributed by atoms with Gasteiger partial charge in [-0.2, -0.15) is 18.2 Å². The van der Waals surface area contributed by atoms with Crippen molar-refractivity contribution in [2.24, 2.45) is 0 Å². The maximum absolute atomic E-state index is 13.9. The number of amides is 1. The lowest BCUT2D eigenvalue weighted by Crippen LogP contribution is -2.49. The Morgan fingerprint density at radius 3 is 2.50 bits per heavy atom. The highest BCUT2D eigenvalue weighted by molar-refractivity contribution is 7.88. The molecule has 1 saturated carbocycles. The third-order valence-electron chi connectivity index (χ3n) is 6.69. The van der Waals surface area contributed by atoms with Gasteiger partial charge in [0.05, 0.1) is 19.1 Å². The molecule has 15 heteroatoms. The average Bonchev–Trinajstić information content (AvgIpc) is 2.87. The fraction of sp³-hybridized carbons (Fsp3) is 0.560. The van der Waals surface area contributed by atoms with Gasteiger partial charge in [0.15, 0.2) is 0 Å². The second kappa shape index (κ2) is 13.0. The molecule has 1 fully saturated rings. The van der Waals surface area contributed by atoms with Crippen LogP contribution in [0.4, 0.5) is 30.6 Å². The van der Waals surface area contributed by atoms with Crippen molar-refractivity contribution in [1.29, 1.82) is 0 Å². The molecule has 2 aromatic rings. The first-order chi connectivity index (χ1) is 18.7. The van der Waals surface area contributed by atoms with Crippen molar-refractivity contribution in [3.63, 3.8) is 0 Å². The van der Waals surface area contributed by atoms with E-state index in [1.54, 1.807) is 12.1 Å². The number of aromatic nitrogens is 2. The first kappa shape index (κ1) is 31.4. The molecule has 1 aliphatic rings. The van der Waals surface area contributed by atoms with Crippen LogP contribution < -0.4 is 20.7 Å². The van der Waals surface area contributed by atoms with E-state index in [-0.39, 0.29) is 17.6 Å². The molecule has 1 heterocycles. The fourth-order valence-corrected chi connectivity index (χ4v) is 5.19. The quantitative estimate of drug-likeness (QED) is 0.363. The van der Waals surface area contributed by atoms with Crippen LogP contribution in [-0.2, 0) is 16.2 Å². The molecule has 0 unspecified atom stereocenters. The van der Waals surface area contributed by atoms with Gasteiger partial charge in [-0.05, 0) is 45.1 Å². The SMILES string of the molecule is COc1cc(C(=O)NCCN(C)C)ccc1Nc1ncc(C(F)(F)F)c(N[C@@H]2CCCC[C@H]2N(C)S(C)(=O)=O)n1. The Hall–Kier alpha value is -3.17. The number of nitrogens with zero attached hydrogens (tertiary/aromatic N) is 4. The van der Waals surface area contributed by atoms with Crippen LogP contribution in [0, 0.1) is 0 Å². The Bertz CT molecular complexity index is 1290. The molecule has 40 heavy (non-hydrogen) atoms. The van der Waals surface area contributed by atoms with Crippen molar-refractivity contribution < 1.29 is 31.1 Å². The number of anilines is 3. The van der Waals surface area contributed by atoms with E-state index >= 15 is 0 Å². The van der Waals surface area contributed by atoms with E-state index < -0.39 is 39.7 Å². The monoisotopic (exact) mass is 587 g/mol. The summed E-state index contributed by atoms with van der Waals surface area (Å²) in [5, 5.41) is 8.52. The predicted octanol–water partition coefficient (Wildman–Crippen LogP) is 3.15. The molecule has 0 spiro atoms. The van der Waals surface area contributed by atoms with E-state index in [1.165, 1.54) is 24.5 Å². The Morgan fingerprint density at radius 2 is 1.88 bits per heavy atom.